The monoisotopic (exact) mass is 447 g/mol. The number of ketones is 1. The van der Waals surface area contributed by atoms with E-state index in [0.717, 1.165) is 11.1 Å². The number of anilines is 1. The minimum atomic E-state index is -3.80. The Morgan fingerprint density at radius 3 is 2.25 bits per heavy atom. The average molecular weight is 448 g/mol. The molecule has 0 radical (unpaired) electrons. The molecule has 0 aliphatic carbocycles. The van der Waals surface area contributed by atoms with E-state index in [1.165, 1.54) is 13.1 Å². The molecule has 32 heavy (non-hydrogen) atoms. The van der Waals surface area contributed by atoms with E-state index in [4.69, 9.17) is 0 Å². The third-order valence-corrected chi connectivity index (χ3v) is 6.75. The first-order valence-corrected chi connectivity index (χ1v) is 11.8. The van der Waals surface area contributed by atoms with Crippen LogP contribution in [0.25, 0.3) is 22.2 Å². The number of pyridine rings is 1. The van der Waals surface area contributed by atoms with Crippen molar-refractivity contribution >= 4 is 32.5 Å². The van der Waals surface area contributed by atoms with E-state index in [9.17, 15) is 13.2 Å². The van der Waals surface area contributed by atoms with E-state index >= 15 is 0 Å². The maximum Gasteiger partial charge on any atom is 0.261 e. The molecular formula is C25H25N3O3S. The van der Waals surface area contributed by atoms with Crippen LogP contribution in [0.5, 0.6) is 0 Å². The van der Waals surface area contributed by atoms with Gasteiger partial charge >= 0.3 is 0 Å². The fourth-order valence-corrected chi connectivity index (χ4v) is 4.68. The first-order valence-electron chi connectivity index (χ1n) is 10.3. The number of aromatic nitrogens is 2. The van der Waals surface area contributed by atoms with E-state index in [2.05, 4.69) is 35.5 Å². The van der Waals surface area contributed by atoms with Crippen LogP contribution in [0, 0.1) is 0 Å². The Hall–Kier alpha value is -3.45. The highest BCUT2D eigenvalue weighted by atomic mass is 32.2. The van der Waals surface area contributed by atoms with Crippen LogP contribution in [0.3, 0.4) is 0 Å². The molecule has 2 heterocycles. The molecule has 0 saturated heterocycles. The Morgan fingerprint density at radius 1 is 1.00 bits per heavy atom. The Kier molecular flexibility index (Phi) is 5.38. The molecule has 0 spiro atoms. The molecule has 0 unspecified atom stereocenters. The van der Waals surface area contributed by atoms with Crippen LogP contribution in [0.1, 0.15) is 43.7 Å². The van der Waals surface area contributed by atoms with Gasteiger partial charge in [-0.25, -0.2) is 13.4 Å². The molecule has 4 rings (SSSR count). The number of Topliss-reactive ketones (excluding diaryl/α,β-unsaturated/α-hetero) is 1. The van der Waals surface area contributed by atoms with Crippen molar-refractivity contribution in [2.75, 3.05) is 4.72 Å². The van der Waals surface area contributed by atoms with Gasteiger partial charge in [-0.05, 0) is 34.7 Å². The Morgan fingerprint density at radius 2 is 1.66 bits per heavy atom. The zero-order chi connectivity index (χ0) is 23.1. The highest BCUT2D eigenvalue weighted by molar-refractivity contribution is 7.92. The highest BCUT2D eigenvalue weighted by Crippen LogP contribution is 2.34. The summed E-state index contributed by atoms with van der Waals surface area (Å²) < 4.78 is 28.5. The fourth-order valence-electron chi connectivity index (χ4n) is 3.64. The Labute approximate surface area is 187 Å². The zero-order valence-corrected chi connectivity index (χ0v) is 19.2. The molecule has 0 aliphatic rings. The van der Waals surface area contributed by atoms with E-state index in [1.54, 1.807) is 18.2 Å². The van der Waals surface area contributed by atoms with Crippen molar-refractivity contribution in [3.05, 3.63) is 78.1 Å². The summed E-state index contributed by atoms with van der Waals surface area (Å²) in [6, 6.07) is 18.1. The number of hydrogen-bond acceptors (Lipinski definition) is 4. The molecule has 0 bridgehead atoms. The minimum absolute atomic E-state index is 0.0682. The van der Waals surface area contributed by atoms with Gasteiger partial charge in [0.1, 0.15) is 5.65 Å². The maximum absolute atomic E-state index is 13.0. The molecule has 0 amide bonds. The van der Waals surface area contributed by atoms with E-state index < -0.39 is 10.0 Å². The minimum Gasteiger partial charge on any atom is -0.336 e. The van der Waals surface area contributed by atoms with Crippen LogP contribution in [0.4, 0.5) is 5.69 Å². The number of nitrogens with one attached hydrogen (secondary N) is 2. The number of benzene rings is 2. The largest absolute Gasteiger partial charge is 0.336 e. The standard InChI is InChI=1S/C25H25N3O3S/c1-16(29)23-22(17-8-6-5-7-9-17)21-14-19(15-26-24(21)27-23)28-32(30,31)20-12-10-18(11-13-20)25(2,3)4/h5-15,28H,1-4H3,(H,26,27). The lowest BCUT2D eigenvalue weighted by Gasteiger charge is -2.19. The topological polar surface area (TPSA) is 91.9 Å². The molecule has 164 valence electrons. The quantitative estimate of drug-likeness (QED) is 0.393. The summed E-state index contributed by atoms with van der Waals surface area (Å²) in [7, 11) is -3.80. The molecule has 2 aromatic carbocycles. The van der Waals surface area contributed by atoms with Crippen LogP contribution >= 0.6 is 0 Å². The number of sulfonamides is 1. The molecule has 7 heteroatoms. The second-order valence-corrected chi connectivity index (χ2v) is 10.5. The van der Waals surface area contributed by atoms with Crippen molar-refractivity contribution in [3.8, 4) is 11.1 Å². The summed E-state index contributed by atoms with van der Waals surface area (Å²) in [5, 5.41) is 0.671. The average Bonchev–Trinajstić information content (AvgIpc) is 3.13. The zero-order valence-electron chi connectivity index (χ0n) is 18.4. The van der Waals surface area contributed by atoms with Gasteiger partial charge in [-0.2, -0.15) is 0 Å². The van der Waals surface area contributed by atoms with Crippen molar-refractivity contribution in [2.45, 2.75) is 38.0 Å². The number of H-pyrrole nitrogens is 1. The van der Waals surface area contributed by atoms with Gasteiger partial charge in [0.05, 0.1) is 22.5 Å². The maximum atomic E-state index is 13.0. The van der Waals surface area contributed by atoms with Gasteiger partial charge in [0, 0.05) is 17.9 Å². The number of nitrogens with zero attached hydrogens (tertiary/aromatic N) is 1. The summed E-state index contributed by atoms with van der Waals surface area (Å²) in [5.41, 5.74) is 3.82. The molecule has 0 aliphatic heterocycles. The smallest absolute Gasteiger partial charge is 0.261 e. The summed E-state index contributed by atoms with van der Waals surface area (Å²) >= 11 is 0. The van der Waals surface area contributed by atoms with Crippen molar-refractivity contribution in [3.63, 3.8) is 0 Å². The van der Waals surface area contributed by atoms with Crippen LogP contribution in [-0.2, 0) is 15.4 Å². The molecule has 0 atom stereocenters. The second kappa shape index (κ2) is 7.91. The van der Waals surface area contributed by atoms with E-state index in [1.807, 2.05) is 42.5 Å². The lowest BCUT2D eigenvalue weighted by atomic mass is 9.87. The van der Waals surface area contributed by atoms with Crippen LogP contribution < -0.4 is 4.72 Å². The number of carbonyl (C=O) groups is 1. The predicted molar refractivity (Wildman–Crippen MR) is 127 cm³/mol. The second-order valence-electron chi connectivity index (χ2n) is 8.80. The lowest BCUT2D eigenvalue weighted by molar-refractivity contribution is 0.101. The van der Waals surface area contributed by atoms with E-state index in [-0.39, 0.29) is 16.1 Å². The number of hydrogen-bond donors (Lipinski definition) is 2. The SMILES string of the molecule is CC(=O)c1[nH]c2ncc(NS(=O)(=O)c3ccc(C(C)(C)C)cc3)cc2c1-c1ccccc1. The summed E-state index contributed by atoms with van der Waals surface area (Å²) in [6.45, 7) is 7.71. The van der Waals surface area contributed by atoms with Gasteiger partial charge in [0.25, 0.3) is 10.0 Å². The number of carbonyl (C=O) groups excluding carboxylic acids is 1. The molecule has 2 aromatic heterocycles. The molecule has 2 N–H and O–H groups in total. The Bertz CT molecular complexity index is 1400. The van der Waals surface area contributed by atoms with Gasteiger partial charge in [0.2, 0.25) is 0 Å². The predicted octanol–water partition coefficient (Wildman–Crippen LogP) is 5.53. The van der Waals surface area contributed by atoms with Gasteiger partial charge in [-0.15, -0.1) is 0 Å². The fraction of sp³-hybridized carbons (Fsp3) is 0.200. The third-order valence-electron chi connectivity index (χ3n) is 5.35. The Balaban J connectivity index is 1.75. The number of aromatic amines is 1. The van der Waals surface area contributed by atoms with E-state index in [0.29, 0.717) is 28.0 Å². The van der Waals surface area contributed by atoms with Gasteiger partial charge < -0.3 is 4.98 Å². The molecule has 0 saturated carbocycles. The summed E-state index contributed by atoms with van der Waals surface area (Å²) in [4.78, 5) is 19.8. The molecule has 0 fully saturated rings. The molecule has 6 nitrogen and oxygen atoms in total. The lowest BCUT2D eigenvalue weighted by Crippen LogP contribution is -2.15. The van der Waals surface area contributed by atoms with Gasteiger partial charge in [-0.1, -0.05) is 63.2 Å². The van der Waals surface area contributed by atoms with Crippen molar-refractivity contribution < 1.29 is 13.2 Å². The molecule has 4 aromatic rings. The number of fused-ring (bicyclic) bond motifs is 1. The highest BCUT2D eigenvalue weighted by Gasteiger charge is 2.21. The first kappa shape index (κ1) is 21.8. The van der Waals surface area contributed by atoms with Crippen molar-refractivity contribution in [1.82, 2.24) is 9.97 Å². The van der Waals surface area contributed by atoms with Crippen LogP contribution in [-0.4, -0.2) is 24.2 Å². The van der Waals surface area contributed by atoms with Crippen molar-refractivity contribution in [2.24, 2.45) is 0 Å². The van der Waals surface area contributed by atoms with Crippen molar-refractivity contribution in [1.29, 1.82) is 0 Å². The summed E-state index contributed by atoms with van der Waals surface area (Å²) in [5.74, 6) is -0.122. The van der Waals surface area contributed by atoms with Gasteiger partial charge in [0.15, 0.2) is 5.78 Å². The first-order chi connectivity index (χ1) is 15.1. The molecular weight excluding hydrogens is 422 g/mol. The van der Waals surface area contributed by atoms with Gasteiger partial charge in [-0.3, -0.25) is 9.52 Å². The summed E-state index contributed by atoms with van der Waals surface area (Å²) in [6.07, 6.45) is 1.44. The normalized spacial score (nSPS) is 12.1. The van der Waals surface area contributed by atoms with Crippen LogP contribution in [0.2, 0.25) is 0 Å². The number of rotatable bonds is 5. The van der Waals surface area contributed by atoms with Crippen LogP contribution in [0.15, 0.2) is 71.8 Å². The third kappa shape index (κ3) is 4.16.